The zero-order chi connectivity index (χ0) is 24.4. The smallest absolute Gasteiger partial charge is 0.269 e. The van der Waals surface area contributed by atoms with Crippen LogP contribution in [0.3, 0.4) is 0 Å². The molecule has 1 N–H and O–H groups in total. The Bertz CT molecular complexity index is 1220. The first-order valence-corrected chi connectivity index (χ1v) is 11.8. The van der Waals surface area contributed by atoms with Crippen molar-refractivity contribution < 1.29 is 14.1 Å². The maximum atomic E-state index is 14.0. The molecule has 9 nitrogen and oxygen atoms in total. The molecule has 2 aliphatic heterocycles. The molecule has 2 aliphatic rings. The van der Waals surface area contributed by atoms with Gasteiger partial charge in [0, 0.05) is 49.9 Å². The van der Waals surface area contributed by atoms with Crippen LogP contribution in [0.15, 0.2) is 54.7 Å². The second kappa shape index (κ2) is 11.0. The van der Waals surface area contributed by atoms with Gasteiger partial charge in [0.15, 0.2) is 0 Å². The minimum Gasteiger partial charge on any atom is -0.368 e. The molecule has 5 rings (SSSR count). The molecule has 0 spiro atoms. The van der Waals surface area contributed by atoms with Crippen LogP contribution < -0.4 is 10.2 Å². The van der Waals surface area contributed by atoms with Gasteiger partial charge >= 0.3 is 0 Å². The van der Waals surface area contributed by atoms with Gasteiger partial charge < -0.3 is 15.1 Å². The van der Waals surface area contributed by atoms with E-state index in [1.807, 2.05) is 4.90 Å². The molecule has 0 saturated carbocycles. The summed E-state index contributed by atoms with van der Waals surface area (Å²) in [7, 11) is 0. The summed E-state index contributed by atoms with van der Waals surface area (Å²) in [4.78, 5) is 28.1. The Kier molecular flexibility index (Phi) is 7.85. The van der Waals surface area contributed by atoms with Crippen LogP contribution in [0.4, 0.5) is 15.8 Å². The fourth-order valence-electron chi connectivity index (χ4n) is 4.95. The van der Waals surface area contributed by atoms with E-state index in [4.69, 9.17) is 0 Å². The molecule has 2 aromatic carbocycles. The molecular formula is C25H28ClFN6O3. The van der Waals surface area contributed by atoms with Gasteiger partial charge in [-0.3, -0.25) is 14.9 Å². The highest BCUT2D eigenvalue weighted by atomic mass is 35.5. The first kappa shape index (κ1) is 25.6. The normalized spacial score (nSPS) is 16.5. The van der Waals surface area contributed by atoms with Crippen molar-refractivity contribution >= 4 is 29.7 Å². The average Bonchev–Trinajstić information content (AvgIpc) is 3.34. The lowest BCUT2D eigenvalue weighted by molar-refractivity contribution is -0.384. The number of amides is 1. The minimum atomic E-state index is -0.412. The van der Waals surface area contributed by atoms with Crippen molar-refractivity contribution in [2.75, 3.05) is 44.2 Å². The molecule has 2 saturated heterocycles. The number of rotatable bonds is 5. The summed E-state index contributed by atoms with van der Waals surface area (Å²) in [6, 6.07) is 12.8. The highest BCUT2D eigenvalue weighted by Gasteiger charge is 2.31. The Hall–Kier alpha value is -3.50. The van der Waals surface area contributed by atoms with Crippen LogP contribution in [-0.4, -0.2) is 64.8 Å². The van der Waals surface area contributed by atoms with Gasteiger partial charge in [-0.2, -0.15) is 5.10 Å². The molecule has 1 aromatic heterocycles. The van der Waals surface area contributed by atoms with Crippen LogP contribution in [0.5, 0.6) is 0 Å². The van der Waals surface area contributed by atoms with E-state index in [2.05, 4.69) is 15.3 Å². The van der Waals surface area contributed by atoms with E-state index in [1.165, 1.54) is 24.3 Å². The summed E-state index contributed by atoms with van der Waals surface area (Å²) >= 11 is 0. The van der Waals surface area contributed by atoms with Crippen molar-refractivity contribution in [2.24, 2.45) is 0 Å². The highest BCUT2D eigenvalue weighted by molar-refractivity contribution is 5.95. The number of carbonyl (C=O) groups excluding carboxylic acids is 1. The molecular weight excluding hydrogens is 487 g/mol. The average molecular weight is 515 g/mol. The SMILES string of the molecule is Cl.O=C(c1cnn(-c2cccc(F)c2)c1C1CCNCC1)N1CCN(c2ccc([N+](=O)[O-])cc2)CC1. The highest BCUT2D eigenvalue weighted by Crippen LogP contribution is 2.31. The van der Waals surface area contributed by atoms with Gasteiger partial charge in [-0.05, 0) is 56.3 Å². The lowest BCUT2D eigenvalue weighted by Crippen LogP contribution is -2.49. The first-order valence-electron chi connectivity index (χ1n) is 11.8. The number of benzene rings is 2. The topological polar surface area (TPSA) is 96.5 Å². The Morgan fingerprint density at radius 3 is 2.36 bits per heavy atom. The van der Waals surface area contributed by atoms with E-state index in [0.717, 1.165) is 37.3 Å². The van der Waals surface area contributed by atoms with Gasteiger partial charge in [-0.15, -0.1) is 12.4 Å². The van der Waals surface area contributed by atoms with Crippen LogP contribution in [0.1, 0.15) is 34.8 Å². The Balaban J connectivity index is 0.00000304. The molecule has 36 heavy (non-hydrogen) atoms. The van der Waals surface area contributed by atoms with Crippen molar-refractivity contribution in [3.63, 3.8) is 0 Å². The number of piperidine rings is 1. The van der Waals surface area contributed by atoms with Crippen molar-refractivity contribution in [3.05, 3.63) is 81.9 Å². The summed E-state index contributed by atoms with van der Waals surface area (Å²) in [6.45, 7) is 4.05. The molecule has 0 bridgehead atoms. The summed E-state index contributed by atoms with van der Waals surface area (Å²) < 4.78 is 15.7. The van der Waals surface area contributed by atoms with Crippen LogP contribution in [0.25, 0.3) is 5.69 Å². The molecule has 0 aliphatic carbocycles. The van der Waals surface area contributed by atoms with Gasteiger partial charge in [-0.1, -0.05) is 6.07 Å². The summed E-state index contributed by atoms with van der Waals surface area (Å²) in [5, 5.41) is 18.8. The van der Waals surface area contributed by atoms with E-state index >= 15 is 0 Å². The monoisotopic (exact) mass is 514 g/mol. The number of hydrogen-bond donors (Lipinski definition) is 1. The number of aromatic nitrogens is 2. The van der Waals surface area contributed by atoms with Gasteiger partial charge in [0.25, 0.3) is 11.6 Å². The fraction of sp³-hybridized carbons (Fsp3) is 0.360. The Morgan fingerprint density at radius 1 is 1.03 bits per heavy atom. The van der Waals surface area contributed by atoms with Gasteiger partial charge in [-0.25, -0.2) is 9.07 Å². The summed E-state index contributed by atoms with van der Waals surface area (Å²) in [5.41, 5.74) is 2.99. The third kappa shape index (κ3) is 5.19. The number of nitro benzene ring substituents is 1. The molecule has 2 fully saturated rings. The largest absolute Gasteiger partial charge is 0.368 e. The van der Waals surface area contributed by atoms with Crippen molar-refractivity contribution in [1.29, 1.82) is 0 Å². The molecule has 190 valence electrons. The molecule has 0 unspecified atom stereocenters. The molecule has 3 heterocycles. The number of anilines is 1. The van der Waals surface area contributed by atoms with Gasteiger partial charge in [0.2, 0.25) is 0 Å². The molecule has 0 atom stereocenters. The fourth-order valence-corrected chi connectivity index (χ4v) is 4.95. The van der Waals surface area contributed by atoms with Crippen LogP contribution in [0, 0.1) is 15.9 Å². The molecule has 3 aromatic rings. The van der Waals surface area contributed by atoms with Crippen LogP contribution >= 0.6 is 12.4 Å². The number of carbonyl (C=O) groups is 1. The lowest BCUT2D eigenvalue weighted by Gasteiger charge is -2.36. The van der Waals surface area contributed by atoms with E-state index in [1.54, 1.807) is 35.1 Å². The van der Waals surface area contributed by atoms with E-state index in [-0.39, 0.29) is 35.7 Å². The van der Waals surface area contributed by atoms with E-state index < -0.39 is 4.92 Å². The Morgan fingerprint density at radius 2 is 1.72 bits per heavy atom. The van der Waals surface area contributed by atoms with Crippen LogP contribution in [0.2, 0.25) is 0 Å². The number of nitrogens with one attached hydrogen (secondary N) is 1. The minimum absolute atomic E-state index is 0. The second-order valence-corrected chi connectivity index (χ2v) is 8.91. The van der Waals surface area contributed by atoms with E-state index in [0.29, 0.717) is 37.4 Å². The van der Waals surface area contributed by atoms with Gasteiger partial charge in [0.1, 0.15) is 5.82 Å². The number of halogens is 2. The summed E-state index contributed by atoms with van der Waals surface area (Å²) in [6.07, 6.45) is 3.39. The standard InChI is InChI=1S/C25H27FN6O3.ClH/c26-19-2-1-3-22(16-19)31-24(18-8-10-27-11-9-18)23(17-28-31)25(33)30-14-12-29(13-15-30)20-4-6-21(7-5-20)32(34)35;/h1-7,16-18,27H,8-15H2;1H. The van der Waals surface area contributed by atoms with Crippen molar-refractivity contribution in [2.45, 2.75) is 18.8 Å². The molecule has 0 radical (unpaired) electrons. The van der Waals surface area contributed by atoms with Gasteiger partial charge in [0.05, 0.1) is 28.1 Å². The number of hydrogen-bond acceptors (Lipinski definition) is 6. The van der Waals surface area contributed by atoms with Crippen LogP contribution in [-0.2, 0) is 0 Å². The zero-order valence-electron chi connectivity index (χ0n) is 19.7. The second-order valence-electron chi connectivity index (χ2n) is 8.91. The quantitative estimate of drug-likeness (QED) is 0.411. The number of non-ortho nitro benzene ring substituents is 1. The first-order chi connectivity index (χ1) is 17.0. The predicted octanol–water partition coefficient (Wildman–Crippen LogP) is 3.77. The zero-order valence-corrected chi connectivity index (χ0v) is 20.5. The Labute approximate surface area is 214 Å². The number of nitrogens with zero attached hydrogens (tertiary/aromatic N) is 5. The number of nitro groups is 1. The maximum Gasteiger partial charge on any atom is 0.269 e. The van der Waals surface area contributed by atoms with E-state index in [9.17, 15) is 19.3 Å². The third-order valence-corrected chi connectivity index (χ3v) is 6.81. The lowest BCUT2D eigenvalue weighted by atomic mass is 9.91. The maximum absolute atomic E-state index is 14.0. The van der Waals surface area contributed by atoms with Crippen molar-refractivity contribution in [1.82, 2.24) is 20.0 Å². The van der Waals surface area contributed by atoms with Crippen molar-refractivity contribution in [3.8, 4) is 5.69 Å². The molecule has 1 amide bonds. The number of piperazine rings is 1. The predicted molar refractivity (Wildman–Crippen MR) is 137 cm³/mol. The third-order valence-electron chi connectivity index (χ3n) is 6.81. The molecule has 11 heteroatoms. The summed E-state index contributed by atoms with van der Waals surface area (Å²) in [5.74, 6) is -0.253.